The van der Waals surface area contributed by atoms with Gasteiger partial charge in [0, 0.05) is 11.6 Å². The summed E-state index contributed by atoms with van der Waals surface area (Å²) < 4.78 is 15.4. The lowest BCUT2D eigenvalue weighted by Crippen LogP contribution is -1.91. The molecule has 0 radical (unpaired) electrons. The van der Waals surface area contributed by atoms with Crippen LogP contribution >= 0.6 is 0 Å². The second-order valence-corrected chi connectivity index (χ2v) is 3.88. The lowest BCUT2D eigenvalue weighted by Gasteiger charge is -2.07. The number of carbonyl (C=O) groups is 1. The van der Waals surface area contributed by atoms with Gasteiger partial charge in [-0.05, 0) is 24.3 Å². The van der Waals surface area contributed by atoms with Crippen molar-refractivity contribution in [2.75, 3.05) is 7.11 Å². The molecule has 0 bridgehead atoms. The second kappa shape index (κ2) is 6.38. The molecule has 0 saturated carbocycles. The Bertz CT molecular complexity index is 689. The molecule has 0 aliphatic heterocycles. The maximum atomic E-state index is 10.7. The predicted molar refractivity (Wildman–Crippen MR) is 73.4 cm³/mol. The zero-order valence-corrected chi connectivity index (χ0v) is 11.0. The van der Waals surface area contributed by atoms with E-state index in [1.807, 2.05) is 0 Å². The van der Waals surface area contributed by atoms with Gasteiger partial charge in [0.05, 0.1) is 19.4 Å². The topological polar surface area (TPSA) is 91.8 Å². The third kappa shape index (κ3) is 3.47. The Morgan fingerprint density at radius 2 is 2.05 bits per heavy atom. The van der Waals surface area contributed by atoms with Crippen LogP contribution in [0.2, 0.25) is 0 Å². The number of rotatable bonds is 6. The van der Waals surface area contributed by atoms with Gasteiger partial charge in [0.25, 0.3) is 0 Å². The molecule has 21 heavy (non-hydrogen) atoms. The summed E-state index contributed by atoms with van der Waals surface area (Å²) in [6.45, 7) is 0. The van der Waals surface area contributed by atoms with Crippen LogP contribution in [-0.2, 0) is 0 Å². The van der Waals surface area contributed by atoms with Gasteiger partial charge in [-0.15, -0.1) is 0 Å². The first-order chi connectivity index (χ1) is 10.1. The van der Waals surface area contributed by atoms with Gasteiger partial charge in [-0.25, -0.2) is 0 Å². The Hall–Kier alpha value is -3.09. The van der Waals surface area contributed by atoms with Gasteiger partial charge in [0.2, 0.25) is 0 Å². The van der Waals surface area contributed by atoms with E-state index in [1.165, 1.54) is 37.6 Å². The second-order valence-electron chi connectivity index (χ2n) is 3.88. The Labute approximate surface area is 119 Å². The third-order valence-corrected chi connectivity index (χ3v) is 2.54. The van der Waals surface area contributed by atoms with Crippen molar-refractivity contribution in [3.63, 3.8) is 0 Å². The van der Waals surface area contributed by atoms with E-state index in [-0.39, 0.29) is 11.6 Å². The van der Waals surface area contributed by atoms with Gasteiger partial charge in [0.15, 0.2) is 11.5 Å². The Balaban J connectivity index is 2.09. The highest BCUT2D eigenvalue weighted by atomic mass is 16.6. The number of nitro groups is 1. The molecule has 2 rings (SSSR count). The summed E-state index contributed by atoms with van der Waals surface area (Å²) in [7, 11) is 1.45. The zero-order chi connectivity index (χ0) is 15.2. The lowest BCUT2D eigenvalue weighted by molar-refractivity contribution is -0.402. The molecular formula is C14H11NO6. The molecule has 1 aromatic carbocycles. The molecule has 1 aromatic heterocycles. The summed E-state index contributed by atoms with van der Waals surface area (Å²) in [5.74, 6) is 0.739. The number of furan rings is 1. The Kier molecular flexibility index (Phi) is 4.35. The average molecular weight is 289 g/mol. The van der Waals surface area contributed by atoms with Crippen molar-refractivity contribution in [3.8, 4) is 11.5 Å². The monoisotopic (exact) mass is 289 g/mol. The van der Waals surface area contributed by atoms with Crippen LogP contribution in [0.5, 0.6) is 11.5 Å². The maximum absolute atomic E-state index is 10.7. The van der Waals surface area contributed by atoms with Crippen molar-refractivity contribution >= 4 is 18.2 Å². The summed E-state index contributed by atoms with van der Waals surface area (Å²) in [6, 6.07) is 7.39. The Morgan fingerprint density at radius 1 is 1.24 bits per heavy atom. The van der Waals surface area contributed by atoms with Crippen LogP contribution < -0.4 is 9.47 Å². The van der Waals surface area contributed by atoms with Crippen molar-refractivity contribution in [1.29, 1.82) is 0 Å². The maximum Gasteiger partial charge on any atom is 0.433 e. The van der Waals surface area contributed by atoms with Crippen LogP contribution in [0.4, 0.5) is 5.88 Å². The molecule has 0 spiro atoms. The highest BCUT2D eigenvalue weighted by Gasteiger charge is 2.10. The van der Waals surface area contributed by atoms with E-state index in [0.29, 0.717) is 23.3 Å². The molecule has 0 aliphatic carbocycles. The standard InChI is InChI=1S/C14H11NO6/c1-19-13-8-10(9-16)2-4-12(13)20-7-6-11-3-5-14(21-11)15(17)18/h2-9H,1H3/b7-6-. The van der Waals surface area contributed by atoms with Crippen LogP contribution in [0.3, 0.4) is 0 Å². The molecule has 0 unspecified atom stereocenters. The summed E-state index contributed by atoms with van der Waals surface area (Å²) >= 11 is 0. The lowest BCUT2D eigenvalue weighted by atomic mass is 10.2. The van der Waals surface area contributed by atoms with Gasteiger partial charge >= 0.3 is 5.88 Å². The van der Waals surface area contributed by atoms with E-state index in [9.17, 15) is 14.9 Å². The minimum Gasteiger partial charge on any atom is -0.493 e. The number of ether oxygens (including phenoxy) is 2. The summed E-state index contributed by atoms with van der Waals surface area (Å²) in [4.78, 5) is 20.5. The molecule has 0 atom stereocenters. The summed E-state index contributed by atoms with van der Waals surface area (Å²) in [6.07, 6.45) is 3.44. The molecule has 0 aliphatic rings. The van der Waals surface area contributed by atoms with Crippen LogP contribution in [0.15, 0.2) is 41.0 Å². The van der Waals surface area contributed by atoms with Crippen molar-refractivity contribution in [3.05, 3.63) is 58.0 Å². The minimum absolute atomic E-state index is 0.283. The van der Waals surface area contributed by atoms with Crippen LogP contribution in [0, 0.1) is 10.1 Å². The number of aldehydes is 1. The van der Waals surface area contributed by atoms with E-state index < -0.39 is 4.92 Å². The highest BCUT2D eigenvalue weighted by molar-refractivity contribution is 5.76. The minimum atomic E-state index is -0.626. The first-order valence-corrected chi connectivity index (χ1v) is 5.84. The van der Waals surface area contributed by atoms with E-state index in [1.54, 1.807) is 12.1 Å². The number of methoxy groups -OCH3 is 1. The van der Waals surface area contributed by atoms with Gasteiger partial charge in [-0.3, -0.25) is 14.9 Å². The molecular weight excluding hydrogens is 278 g/mol. The molecule has 1 heterocycles. The normalized spacial score (nSPS) is 10.5. The first-order valence-electron chi connectivity index (χ1n) is 5.84. The van der Waals surface area contributed by atoms with Crippen LogP contribution in [0.1, 0.15) is 16.1 Å². The molecule has 0 amide bonds. The highest BCUT2D eigenvalue weighted by Crippen LogP contribution is 2.28. The van der Waals surface area contributed by atoms with Gasteiger partial charge in [-0.1, -0.05) is 0 Å². The van der Waals surface area contributed by atoms with E-state index in [4.69, 9.17) is 13.9 Å². The summed E-state index contributed by atoms with van der Waals surface area (Å²) in [5.41, 5.74) is 0.463. The molecule has 7 heteroatoms. The largest absolute Gasteiger partial charge is 0.493 e. The fourth-order valence-corrected chi connectivity index (χ4v) is 1.56. The van der Waals surface area contributed by atoms with Crippen molar-refractivity contribution in [2.24, 2.45) is 0 Å². The molecule has 0 fully saturated rings. The van der Waals surface area contributed by atoms with Crippen LogP contribution in [0.25, 0.3) is 6.08 Å². The average Bonchev–Trinajstić information content (AvgIpc) is 2.96. The molecule has 0 N–H and O–H groups in total. The fraction of sp³-hybridized carbons (Fsp3) is 0.0714. The van der Waals surface area contributed by atoms with Gasteiger partial charge in [-0.2, -0.15) is 0 Å². The third-order valence-electron chi connectivity index (χ3n) is 2.54. The van der Waals surface area contributed by atoms with Crippen molar-refractivity contribution in [1.82, 2.24) is 0 Å². The van der Waals surface area contributed by atoms with Crippen molar-refractivity contribution in [2.45, 2.75) is 0 Å². The molecule has 108 valence electrons. The van der Waals surface area contributed by atoms with Crippen LogP contribution in [-0.4, -0.2) is 18.3 Å². The number of carbonyl (C=O) groups excluding carboxylic acids is 1. The first kappa shape index (κ1) is 14.3. The smallest absolute Gasteiger partial charge is 0.433 e. The summed E-state index contributed by atoms with van der Waals surface area (Å²) in [5, 5.41) is 10.5. The SMILES string of the molecule is COc1cc(C=O)ccc1O/C=C\c1ccc([N+](=O)[O-])o1. The fourth-order valence-electron chi connectivity index (χ4n) is 1.56. The van der Waals surface area contributed by atoms with Gasteiger partial charge < -0.3 is 13.9 Å². The number of hydrogen-bond acceptors (Lipinski definition) is 6. The van der Waals surface area contributed by atoms with E-state index >= 15 is 0 Å². The van der Waals surface area contributed by atoms with Crippen molar-refractivity contribution < 1.29 is 23.6 Å². The molecule has 7 nitrogen and oxygen atoms in total. The Morgan fingerprint density at radius 3 is 2.67 bits per heavy atom. The van der Waals surface area contributed by atoms with E-state index in [0.717, 1.165) is 0 Å². The molecule has 0 saturated heterocycles. The van der Waals surface area contributed by atoms with E-state index in [2.05, 4.69) is 0 Å². The zero-order valence-electron chi connectivity index (χ0n) is 11.0. The number of nitrogens with zero attached hydrogens (tertiary/aromatic N) is 1. The predicted octanol–water partition coefficient (Wildman–Crippen LogP) is 3.06. The number of hydrogen-bond donors (Lipinski definition) is 0. The molecule has 2 aromatic rings. The quantitative estimate of drug-likeness (QED) is 0.351. The number of benzene rings is 1. The van der Waals surface area contributed by atoms with Gasteiger partial charge in [0.1, 0.15) is 17.0 Å².